The van der Waals surface area contributed by atoms with Crippen LogP contribution in [-0.2, 0) is 6.42 Å². The number of aliphatic hydroxyl groups is 2. The van der Waals surface area contributed by atoms with Crippen LogP contribution in [0.2, 0.25) is 0 Å². The van der Waals surface area contributed by atoms with Gasteiger partial charge in [-0.3, -0.25) is 0 Å². The number of hydrogen-bond acceptors (Lipinski definition) is 7. The lowest BCUT2D eigenvalue weighted by atomic mass is 9.95. The molecule has 31 heavy (non-hydrogen) atoms. The van der Waals surface area contributed by atoms with Crippen molar-refractivity contribution < 1.29 is 10.2 Å². The molecule has 0 amide bonds. The predicted molar refractivity (Wildman–Crippen MR) is 120 cm³/mol. The number of nitrogen functional groups attached to an aromatic ring is 2. The Morgan fingerprint density at radius 1 is 1.03 bits per heavy atom. The first-order chi connectivity index (χ1) is 14.9. The second-order valence-electron chi connectivity index (χ2n) is 8.46. The zero-order valence-electron chi connectivity index (χ0n) is 17.3. The standard InChI is InChI=1S/C23H26N6O2/c1-12-26-22(25)16-8-9-29(23(16)27-12)18-11-15(20(30)21(18)31)5-3-13-2-4-14-6-7-19(24)28-17(14)10-13/h2,4,6-10,15,18,20-21,30-31H,3,5,11H2,1H3,(H2,24,28)(H2,25,26,27)/t15-,18+,20+,21-/m0/s1. The lowest BCUT2D eigenvalue weighted by Gasteiger charge is -2.19. The van der Waals surface area contributed by atoms with Crippen molar-refractivity contribution in [3.05, 3.63) is 54.0 Å². The van der Waals surface area contributed by atoms with Gasteiger partial charge in [-0.05, 0) is 61.9 Å². The highest BCUT2D eigenvalue weighted by Crippen LogP contribution is 2.39. The summed E-state index contributed by atoms with van der Waals surface area (Å²) < 4.78 is 1.93. The largest absolute Gasteiger partial charge is 0.390 e. The van der Waals surface area contributed by atoms with E-state index in [1.807, 2.05) is 35.0 Å². The summed E-state index contributed by atoms with van der Waals surface area (Å²) in [4.78, 5) is 13.1. The molecule has 8 nitrogen and oxygen atoms in total. The van der Waals surface area contributed by atoms with E-state index in [4.69, 9.17) is 11.5 Å². The van der Waals surface area contributed by atoms with E-state index in [1.165, 1.54) is 0 Å². The second kappa shape index (κ2) is 7.47. The van der Waals surface area contributed by atoms with Crippen LogP contribution in [0.25, 0.3) is 21.9 Å². The molecule has 3 aromatic heterocycles. The number of benzene rings is 1. The number of aromatic nitrogens is 4. The molecule has 0 spiro atoms. The number of aryl methyl sites for hydroxylation is 2. The fraction of sp³-hybridized carbons (Fsp3) is 0.348. The zero-order chi connectivity index (χ0) is 21.7. The first kappa shape index (κ1) is 19.7. The van der Waals surface area contributed by atoms with Gasteiger partial charge in [0.1, 0.15) is 29.2 Å². The molecular formula is C23H26N6O2. The SMILES string of the molecule is Cc1nc(N)c2ccn([C@@H]3C[C@H](CCc4ccc5ccc(N)nc5c4)[C@@H](O)[C@H]3O)c2n1. The monoisotopic (exact) mass is 418 g/mol. The van der Waals surface area contributed by atoms with E-state index in [1.54, 1.807) is 13.0 Å². The van der Waals surface area contributed by atoms with Gasteiger partial charge in [0.25, 0.3) is 0 Å². The van der Waals surface area contributed by atoms with Crippen molar-refractivity contribution >= 4 is 33.6 Å². The van der Waals surface area contributed by atoms with Gasteiger partial charge in [-0.25, -0.2) is 15.0 Å². The van der Waals surface area contributed by atoms with Gasteiger partial charge in [0.15, 0.2) is 0 Å². The molecule has 3 heterocycles. The number of pyridine rings is 1. The summed E-state index contributed by atoms with van der Waals surface area (Å²) >= 11 is 0. The van der Waals surface area contributed by atoms with Gasteiger partial charge in [0, 0.05) is 11.6 Å². The van der Waals surface area contributed by atoms with Crippen molar-refractivity contribution in [3.63, 3.8) is 0 Å². The van der Waals surface area contributed by atoms with Crippen LogP contribution in [0.15, 0.2) is 42.6 Å². The smallest absolute Gasteiger partial charge is 0.146 e. The lowest BCUT2D eigenvalue weighted by Crippen LogP contribution is -2.29. The van der Waals surface area contributed by atoms with Crippen LogP contribution in [-0.4, -0.2) is 41.9 Å². The molecule has 0 saturated heterocycles. The fourth-order valence-electron chi connectivity index (χ4n) is 4.79. The Labute approximate surface area is 179 Å². The van der Waals surface area contributed by atoms with Gasteiger partial charge in [-0.1, -0.05) is 12.1 Å². The van der Waals surface area contributed by atoms with Crippen LogP contribution < -0.4 is 11.5 Å². The van der Waals surface area contributed by atoms with Crippen LogP contribution in [0.1, 0.15) is 30.3 Å². The van der Waals surface area contributed by atoms with Gasteiger partial charge >= 0.3 is 0 Å². The molecule has 5 rings (SSSR count). The number of aliphatic hydroxyl groups excluding tert-OH is 2. The van der Waals surface area contributed by atoms with Crippen molar-refractivity contribution in [2.75, 3.05) is 11.5 Å². The first-order valence-corrected chi connectivity index (χ1v) is 10.5. The molecular weight excluding hydrogens is 392 g/mol. The van der Waals surface area contributed by atoms with E-state index in [-0.39, 0.29) is 12.0 Å². The third-order valence-corrected chi connectivity index (χ3v) is 6.42. The number of nitrogens with two attached hydrogens (primary N) is 2. The highest BCUT2D eigenvalue weighted by molar-refractivity contribution is 5.86. The molecule has 0 radical (unpaired) electrons. The van der Waals surface area contributed by atoms with Crippen molar-refractivity contribution in [2.45, 2.75) is 44.4 Å². The minimum absolute atomic E-state index is 0.0257. The predicted octanol–water partition coefficient (Wildman–Crippen LogP) is 2.37. The molecule has 0 bridgehead atoms. The summed E-state index contributed by atoms with van der Waals surface area (Å²) in [6.07, 6.45) is 2.42. The van der Waals surface area contributed by atoms with Crippen LogP contribution in [0.4, 0.5) is 11.6 Å². The summed E-state index contributed by atoms with van der Waals surface area (Å²) in [5.41, 5.74) is 14.5. The van der Waals surface area contributed by atoms with Gasteiger partial charge < -0.3 is 26.2 Å². The summed E-state index contributed by atoms with van der Waals surface area (Å²) in [5.74, 6) is 1.49. The molecule has 1 saturated carbocycles. The van der Waals surface area contributed by atoms with E-state index >= 15 is 0 Å². The Morgan fingerprint density at radius 2 is 1.84 bits per heavy atom. The van der Waals surface area contributed by atoms with Crippen LogP contribution in [0.5, 0.6) is 0 Å². The Morgan fingerprint density at radius 3 is 2.68 bits per heavy atom. The fourth-order valence-corrected chi connectivity index (χ4v) is 4.79. The Kier molecular flexibility index (Phi) is 4.75. The first-order valence-electron chi connectivity index (χ1n) is 10.5. The molecule has 6 N–H and O–H groups in total. The number of anilines is 2. The highest BCUT2D eigenvalue weighted by atomic mass is 16.3. The Bertz CT molecular complexity index is 1270. The summed E-state index contributed by atoms with van der Waals surface area (Å²) in [6.45, 7) is 1.79. The van der Waals surface area contributed by atoms with Gasteiger partial charge in [-0.15, -0.1) is 0 Å². The highest BCUT2D eigenvalue weighted by Gasteiger charge is 2.42. The van der Waals surface area contributed by atoms with E-state index in [9.17, 15) is 10.2 Å². The van der Waals surface area contributed by atoms with Crippen LogP contribution >= 0.6 is 0 Å². The van der Waals surface area contributed by atoms with E-state index in [0.29, 0.717) is 29.5 Å². The summed E-state index contributed by atoms with van der Waals surface area (Å²) in [7, 11) is 0. The minimum atomic E-state index is -0.866. The van der Waals surface area contributed by atoms with Crippen molar-refractivity contribution in [3.8, 4) is 0 Å². The van der Waals surface area contributed by atoms with Gasteiger partial charge in [-0.2, -0.15) is 0 Å². The van der Waals surface area contributed by atoms with E-state index in [2.05, 4.69) is 21.0 Å². The normalized spacial score (nSPS) is 23.7. The summed E-state index contributed by atoms with van der Waals surface area (Å²) in [5, 5.41) is 23.4. The minimum Gasteiger partial charge on any atom is -0.390 e. The average molecular weight is 419 g/mol. The molecule has 4 aromatic rings. The molecule has 0 unspecified atom stereocenters. The maximum Gasteiger partial charge on any atom is 0.146 e. The molecule has 1 aromatic carbocycles. The van der Waals surface area contributed by atoms with Crippen molar-refractivity contribution in [1.82, 2.24) is 19.5 Å². The van der Waals surface area contributed by atoms with E-state index < -0.39 is 12.2 Å². The van der Waals surface area contributed by atoms with Crippen molar-refractivity contribution in [2.24, 2.45) is 5.92 Å². The molecule has 8 heteroatoms. The van der Waals surface area contributed by atoms with Gasteiger partial charge in [0.2, 0.25) is 0 Å². The van der Waals surface area contributed by atoms with E-state index in [0.717, 1.165) is 34.7 Å². The zero-order valence-corrected chi connectivity index (χ0v) is 17.3. The average Bonchev–Trinajstić information content (AvgIpc) is 3.27. The quantitative estimate of drug-likeness (QED) is 0.399. The number of fused-ring (bicyclic) bond motifs is 2. The lowest BCUT2D eigenvalue weighted by molar-refractivity contribution is 0.00545. The number of nitrogens with zero attached hydrogens (tertiary/aromatic N) is 4. The maximum absolute atomic E-state index is 10.8. The van der Waals surface area contributed by atoms with Crippen LogP contribution in [0.3, 0.4) is 0 Å². The van der Waals surface area contributed by atoms with Gasteiger partial charge in [0.05, 0.1) is 23.0 Å². The molecule has 0 aliphatic heterocycles. The third kappa shape index (κ3) is 3.47. The Balaban J connectivity index is 1.35. The summed E-state index contributed by atoms with van der Waals surface area (Å²) in [6, 6.07) is 11.5. The van der Waals surface area contributed by atoms with Crippen molar-refractivity contribution in [1.29, 1.82) is 0 Å². The Hall–Kier alpha value is -3.23. The number of rotatable bonds is 4. The maximum atomic E-state index is 10.8. The molecule has 4 atom stereocenters. The molecule has 1 fully saturated rings. The molecule has 1 aliphatic carbocycles. The third-order valence-electron chi connectivity index (χ3n) is 6.42. The second-order valence-corrected chi connectivity index (χ2v) is 8.46. The topological polar surface area (TPSA) is 136 Å². The number of hydrogen-bond donors (Lipinski definition) is 4. The molecule has 160 valence electrons. The molecule has 1 aliphatic rings. The van der Waals surface area contributed by atoms with Crippen LogP contribution in [0, 0.1) is 12.8 Å².